The van der Waals surface area contributed by atoms with Gasteiger partial charge in [-0.1, -0.05) is 19.3 Å². The second-order valence-electron chi connectivity index (χ2n) is 8.36. The molecule has 0 radical (unpaired) electrons. The maximum absolute atomic E-state index is 13.0. The number of ether oxygens (including phenoxy) is 1. The zero-order valence-electron chi connectivity index (χ0n) is 18.3. The van der Waals surface area contributed by atoms with Gasteiger partial charge in [0.25, 0.3) is 5.91 Å². The SMILES string of the molecule is CCOC(=O)c1c(C)[nH]c(C(=O)N2CCC(NC(=O)NC3CCCCC3)CC2)c1C. The lowest BCUT2D eigenvalue weighted by Crippen LogP contribution is -2.51. The van der Waals surface area contributed by atoms with Crippen molar-refractivity contribution in [1.82, 2.24) is 20.5 Å². The van der Waals surface area contributed by atoms with Crippen LogP contribution in [0.25, 0.3) is 0 Å². The van der Waals surface area contributed by atoms with Gasteiger partial charge in [0.1, 0.15) is 5.69 Å². The molecule has 0 atom stereocenters. The van der Waals surface area contributed by atoms with Crippen LogP contribution in [0.5, 0.6) is 0 Å². The molecule has 2 aliphatic rings. The number of carbonyl (C=O) groups is 3. The number of carbonyl (C=O) groups excluding carboxylic acids is 3. The zero-order chi connectivity index (χ0) is 21.7. The zero-order valence-corrected chi connectivity index (χ0v) is 18.3. The molecule has 1 aromatic heterocycles. The van der Waals surface area contributed by atoms with Crippen molar-refractivity contribution in [3.8, 4) is 0 Å². The van der Waals surface area contributed by atoms with Crippen molar-refractivity contribution in [2.24, 2.45) is 0 Å². The molecule has 8 heteroatoms. The summed E-state index contributed by atoms with van der Waals surface area (Å²) < 4.78 is 5.10. The standard InChI is InChI=1S/C22H34N4O4/c1-4-30-21(28)18-14(2)19(23-15(18)3)20(27)26-12-10-17(11-13-26)25-22(29)24-16-8-6-5-7-9-16/h16-17,23H,4-13H2,1-3H3,(H2,24,25,29). The van der Waals surface area contributed by atoms with Crippen LogP contribution in [0.15, 0.2) is 0 Å². The first-order chi connectivity index (χ1) is 14.4. The lowest BCUT2D eigenvalue weighted by molar-refractivity contribution is 0.0525. The second kappa shape index (κ2) is 10.00. The predicted octanol–water partition coefficient (Wildman–Crippen LogP) is 3.04. The van der Waals surface area contributed by atoms with E-state index in [1.54, 1.807) is 25.7 Å². The van der Waals surface area contributed by atoms with Gasteiger partial charge in [-0.3, -0.25) is 4.79 Å². The summed E-state index contributed by atoms with van der Waals surface area (Å²) in [6, 6.07) is 0.258. The minimum absolute atomic E-state index is 0.0687. The Hall–Kier alpha value is -2.51. The van der Waals surface area contributed by atoms with E-state index in [2.05, 4.69) is 15.6 Å². The molecule has 1 saturated heterocycles. The molecule has 1 aromatic rings. The fraction of sp³-hybridized carbons (Fsp3) is 0.682. The van der Waals surface area contributed by atoms with E-state index in [4.69, 9.17) is 4.74 Å². The molecule has 0 aromatic carbocycles. The van der Waals surface area contributed by atoms with E-state index >= 15 is 0 Å². The Morgan fingerprint density at radius 2 is 1.60 bits per heavy atom. The number of esters is 1. The summed E-state index contributed by atoms with van der Waals surface area (Å²) in [6.45, 7) is 6.73. The van der Waals surface area contributed by atoms with Gasteiger partial charge in [0.05, 0.1) is 12.2 Å². The molecule has 166 valence electrons. The summed E-state index contributed by atoms with van der Waals surface area (Å²) >= 11 is 0. The topological polar surface area (TPSA) is 104 Å². The summed E-state index contributed by atoms with van der Waals surface area (Å²) in [6.07, 6.45) is 7.17. The second-order valence-corrected chi connectivity index (χ2v) is 8.36. The molecular formula is C22H34N4O4. The van der Waals surface area contributed by atoms with E-state index < -0.39 is 5.97 Å². The molecule has 0 unspecified atom stereocenters. The van der Waals surface area contributed by atoms with Gasteiger partial charge in [0.15, 0.2) is 0 Å². The molecule has 0 spiro atoms. The van der Waals surface area contributed by atoms with Crippen molar-refractivity contribution in [3.63, 3.8) is 0 Å². The van der Waals surface area contributed by atoms with E-state index in [9.17, 15) is 14.4 Å². The fourth-order valence-electron chi connectivity index (χ4n) is 4.52. The van der Waals surface area contributed by atoms with Crippen molar-refractivity contribution >= 4 is 17.9 Å². The first-order valence-electron chi connectivity index (χ1n) is 11.1. The number of piperidine rings is 1. The molecule has 3 amide bonds. The van der Waals surface area contributed by atoms with E-state index in [0.29, 0.717) is 55.1 Å². The highest BCUT2D eigenvalue weighted by atomic mass is 16.5. The number of hydrogen-bond acceptors (Lipinski definition) is 4. The Labute approximate surface area is 178 Å². The molecule has 1 aliphatic carbocycles. The quantitative estimate of drug-likeness (QED) is 0.640. The van der Waals surface area contributed by atoms with E-state index in [-0.39, 0.29) is 24.0 Å². The van der Waals surface area contributed by atoms with E-state index in [0.717, 1.165) is 12.8 Å². The molecule has 1 aliphatic heterocycles. The Kier molecular flexibility index (Phi) is 7.39. The van der Waals surface area contributed by atoms with Gasteiger partial charge in [-0.05, 0) is 52.0 Å². The number of nitrogens with zero attached hydrogens (tertiary/aromatic N) is 1. The smallest absolute Gasteiger partial charge is 0.340 e. The number of likely N-dealkylation sites (tertiary alicyclic amines) is 1. The number of hydrogen-bond donors (Lipinski definition) is 3. The highest BCUT2D eigenvalue weighted by Gasteiger charge is 2.29. The highest BCUT2D eigenvalue weighted by molar-refractivity contribution is 6.00. The summed E-state index contributed by atoms with van der Waals surface area (Å²) in [5, 5.41) is 6.15. The minimum atomic E-state index is -0.408. The van der Waals surface area contributed by atoms with Crippen LogP contribution in [0, 0.1) is 13.8 Å². The van der Waals surface area contributed by atoms with Crippen LogP contribution in [0.3, 0.4) is 0 Å². The van der Waals surface area contributed by atoms with Crippen LogP contribution >= 0.6 is 0 Å². The average Bonchev–Trinajstić information content (AvgIpc) is 3.03. The normalized spacial score (nSPS) is 18.2. The molecular weight excluding hydrogens is 384 g/mol. The Balaban J connectivity index is 1.52. The molecule has 30 heavy (non-hydrogen) atoms. The van der Waals surface area contributed by atoms with Gasteiger partial charge in [-0.2, -0.15) is 0 Å². The number of rotatable bonds is 5. The molecule has 8 nitrogen and oxygen atoms in total. The fourth-order valence-corrected chi connectivity index (χ4v) is 4.52. The number of H-pyrrole nitrogens is 1. The molecule has 3 N–H and O–H groups in total. The van der Waals surface area contributed by atoms with E-state index in [1.807, 2.05) is 0 Å². The van der Waals surface area contributed by atoms with E-state index in [1.165, 1.54) is 19.3 Å². The van der Waals surface area contributed by atoms with Crippen LogP contribution < -0.4 is 10.6 Å². The van der Waals surface area contributed by atoms with Crippen molar-refractivity contribution in [2.45, 2.75) is 77.8 Å². The van der Waals surface area contributed by atoms with Gasteiger partial charge in [-0.25, -0.2) is 9.59 Å². The highest BCUT2D eigenvalue weighted by Crippen LogP contribution is 2.22. The monoisotopic (exact) mass is 418 g/mol. The van der Waals surface area contributed by atoms with Crippen LogP contribution in [0.4, 0.5) is 4.79 Å². The molecule has 1 saturated carbocycles. The third-order valence-corrected chi connectivity index (χ3v) is 6.19. The molecule has 3 rings (SSSR count). The van der Waals surface area contributed by atoms with Crippen molar-refractivity contribution in [1.29, 1.82) is 0 Å². The first-order valence-corrected chi connectivity index (χ1v) is 11.1. The third-order valence-electron chi connectivity index (χ3n) is 6.19. The van der Waals surface area contributed by atoms with Crippen molar-refractivity contribution in [3.05, 3.63) is 22.5 Å². The van der Waals surface area contributed by atoms with Gasteiger partial charge in [0, 0.05) is 30.9 Å². The van der Waals surface area contributed by atoms with Gasteiger partial charge >= 0.3 is 12.0 Å². The number of aromatic amines is 1. The Morgan fingerprint density at radius 1 is 1.00 bits per heavy atom. The first kappa shape index (κ1) is 22.2. The molecule has 2 fully saturated rings. The summed E-state index contributed by atoms with van der Waals surface area (Å²) in [7, 11) is 0. The van der Waals surface area contributed by atoms with Crippen molar-refractivity contribution < 1.29 is 19.1 Å². The Bertz CT molecular complexity index is 774. The largest absolute Gasteiger partial charge is 0.462 e. The maximum Gasteiger partial charge on any atom is 0.340 e. The lowest BCUT2D eigenvalue weighted by Gasteiger charge is -2.33. The van der Waals surface area contributed by atoms with Gasteiger partial charge in [0.2, 0.25) is 0 Å². The minimum Gasteiger partial charge on any atom is -0.462 e. The summed E-state index contributed by atoms with van der Waals surface area (Å²) in [4.78, 5) is 42.3. The Morgan fingerprint density at radius 3 is 2.20 bits per heavy atom. The maximum atomic E-state index is 13.0. The van der Waals surface area contributed by atoms with Gasteiger partial charge < -0.3 is 25.3 Å². The average molecular weight is 419 g/mol. The van der Waals surface area contributed by atoms with Crippen LogP contribution in [0.1, 0.15) is 84.0 Å². The van der Waals surface area contributed by atoms with Gasteiger partial charge in [-0.15, -0.1) is 0 Å². The number of nitrogens with one attached hydrogen (secondary N) is 3. The van der Waals surface area contributed by atoms with Crippen LogP contribution in [-0.2, 0) is 4.74 Å². The predicted molar refractivity (Wildman–Crippen MR) is 114 cm³/mol. The third kappa shape index (κ3) is 5.15. The lowest BCUT2D eigenvalue weighted by atomic mass is 9.96. The molecule has 2 heterocycles. The number of aryl methyl sites for hydroxylation is 1. The van der Waals surface area contributed by atoms with Crippen LogP contribution in [0.2, 0.25) is 0 Å². The van der Waals surface area contributed by atoms with Crippen LogP contribution in [-0.4, -0.2) is 59.6 Å². The summed E-state index contributed by atoms with van der Waals surface area (Å²) in [5.41, 5.74) is 2.15. The van der Waals surface area contributed by atoms with Crippen molar-refractivity contribution in [2.75, 3.05) is 19.7 Å². The molecule has 0 bridgehead atoms. The number of amides is 3. The summed E-state index contributed by atoms with van der Waals surface area (Å²) in [5.74, 6) is -0.522. The number of aromatic nitrogens is 1. The number of urea groups is 1.